The van der Waals surface area contributed by atoms with E-state index in [1.54, 1.807) is 5.09 Å². The summed E-state index contributed by atoms with van der Waals surface area (Å²) >= 11 is 10.6. The van der Waals surface area contributed by atoms with Crippen LogP contribution in [0.5, 0.6) is 0 Å². The SMILES string of the molecule is [2H]C1([2H])CCOP(=O)(N(C([2H])([2H])C([2H])([2H])Cl)C([2H])([2H])C([2H])([2H])Cl)N1. The highest BCUT2D eigenvalue weighted by Crippen LogP contribution is 2.47. The maximum atomic E-state index is 13.0. The topological polar surface area (TPSA) is 41.6 Å². The largest absolute Gasteiger partial charge is 0.343 e. The molecule has 0 bridgehead atoms. The van der Waals surface area contributed by atoms with Crippen LogP contribution in [0.1, 0.15) is 20.1 Å². The van der Waals surface area contributed by atoms with Crippen molar-refractivity contribution in [2.24, 2.45) is 0 Å². The number of rotatable bonds is 5. The molecule has 1 unspecified atom stereocenters. The van der Waals surface area contributed by atoms with Crippen LogP contribution in [-0.4, -0.2) is 42.4 Å². The molecular weight excluding hydrogens is 246 g/mol. The van der Waals surface area contributed by atoms with Crippen molar-refractivity contribution in [2.75, 3.05) is 37.8 Å². The van der Waals surface area contributed by atoms with Gasteiger partial charge >= 0.3 is 7.67 Å². The van der Waals surface area contributed by atoms with Gasteiger partial charge < -0.3 is 4.52 Å². The standard InChI is InChI=1S/C7H15Cl2N2O2P/c8-2-5-11(6-3-9)14(12)10-4-1-7-13-14/h1-7H2,(H,10,12)/i2D2,3D2,4D2,5D2,6D2. The van der Waals surface area contributed by atoms with E-state index in [1.165, 1.54) is 0 Å². The monoisotopic (exact) mass is 270 g/mol. The molecule has 0 aromatic carbocycles. The molecule has 0 aromatic heterocycles. The Hall–Kier alpha value is 0.690. The lowest BCUT2D eigenvalue weighted by molar-refractivity contribution is 0.233. The number of nitrogens with zero attached hydrogens (tertiary/aromatic N) is 1. The molecule has 1 N–H and O–H groups in total. The van der Waals surface area contributed by atoms with Crippen LogP contribution >= 0.6 is 30.9 Å². The Morgan fingerprint density at radius 1 is 1.57 bits per heavy atom. The van der Waals surface area contributed by atoms with Gasteiger partial charge in [0, 0.05) is 44.9 Å². The van der Waals surface area contributed by atoms with E-state index in [1.807, 2.05) is 0 Å². The van der Waals surface area contributed by atoms with Gasteiger partial charge in [-0.3, -0.25) is 4.57 Å². The summed E-state index contributed by atoms with van der Waals surface area (Å²) in [7, 11) is -4.97. The number of hydrogen-bond donors (Lipinski definition) is 1. The first-order chi connectivity index (χ1) is 10.3. The van der Waals surface area contributed by atoms with Crippen molar-refractivity contribution < 1.29 is 22.8 Å². The summed E-state index contributed by atoms with van der Waals surface area (Å²) in [5.41, 5.74) is 0. The van der Waals surface area contributed by atoms with Crippen LogP contribution < -0.4 is 5.09 Å². The Balaban J connectivity index is 3.60. The molecule has 1 rings (SSSR count). The lowest BCUT2D eigenvalue weighted by atomic mass is 10.5. The molecule has 0 radical (unpaired) electrons. The lowest BCUT2D eigenvalue weighted by Crippen LogP contribution is -2.35. The van der Waals surface area contributed by atoms with Crippen LogP contribution in [0.3, 0.4) is 0 Å². The Kier molecular flexibility index (Phi) is 2.04. The molecule has 1 atom stereocenters. The van der Waals surface area contributed by atoms with E-state index in [2.05, 4.69) is 0 Å². The number of halogens is 2. The van der Waals surface area contributed by atoms with Gasteiger partial charge in [-0.05, 0) is 6.42 Å². The maximum absolute atomic E-state index is 13.0. The van der Waals surface area contributed by atoms with Crippen LogP contribution in [0.4, 0.5) is 0 Å². The summed E-state index contributed by atoms with van der Waals surface area (Å²) in [6.07, 6.45) is -0.307. The fraction of sp³-hybridized carbons (Fsp3) is 1.00. The second-order valence-electron chi connectivity index (χ2n) is 2.12. The van der Waals surface area contributed by atoms with Crippen LogP contribution in [-0.2, 0) is 9.09 Å². The number of hydrogen-bond acceptors (Lipinski definition) is 2. The van der Waals surface area contributed by atoms with E-state index in [0.717, 1.165) is 0 Å². The highest BCUT2D eigenvalue weighted by atomic mass is 35.5. The summed E-state index contributed by atoms with van der Waals surface area (Å²) in [5.74, 6) is -6.70. The summed E-state index contributed by atoms with van der Waals surface area (Å²) in [6.45, 7) is -10.1. The van der Waals surface area contributed by atoms with Crippen molar-refractivity contribution in [1.82, 2.24) is 9.76 Å². The molecule has 0 saturated carbocycles. The zero-order chi connectivity index (χ0) is 19.4. The highest BCUT2D eigenvalue weighted by Gasteiger charge is 2.32. The summed E-state index contributed by atoms with van der Waals surface area (Å²) < 4.78 is 92.9. The van der Waals surface area contributed by atoms with E-state index in [4.69, 9.17) is 41.4 Å². The number of alkyl halides is 2. The summed E-state index contributed by atoms with van der Waals surface area (Å²) in [5, 5.41) is 1.79. The predicted molar refractivity (Wildman–Crippen MR) is 59.2 cm³/mol. The normalized spacial score (nSPS) is 46.5. The molecular formula is C7H15Cl2N2O2P. The van der Waals surface area contributed by atoms with Gasteiger partial charge in [-0.15, -0.1) is 23.2 Å². The molecule has 1 aliphatic rings. The first kappa shape index (κ1) is 4.52. The van der Waals surface area contributed by atoms with Crippen molar-refractivity contribution >= 4 is 30.9 Å². The van der Waals surface area contributed by atoms with Gasteiger partial charge in [-0.1, -0.05) is 0 Å². The molecule has 84 valence electrons. The minimum atomic E-state index is -4.97. The third kappa shape index (κ3) is 3.37. The Bertz CT molecular complexity index is 510. The molecule has 0 amide bonds. The van der Waals surface area contributed by atoms with Gasteiger partial charge in [0.1, 0.15) is 0 Å². The third-order valence-electron chi connectivity index (χ3n) is 1.27. The van der Waals surface area contributed by atoms with E-state index >= 15 is 0 Å². The minimum absolute atomic E-state index is 0.307. The zero-order valence-electron chi connectivity index (χ0n) is 16.9. The van der Waals surface area contributed by atoms with Crippen molar-refractivity contribution in [1.29, 1.82) is 0 Å². The zero-order valence-corrected chi connectivity index (χ0v) is 9.29. The van der Waals surface area contributed by atoms with Gasteiger partial charge in [0.15, 0.2) is 0 Å². The van der Waals surface area contributed by atoms with Gasteiger partial charge in [-0.2, -0.15) is 0 Å². The predicted octanol–water partition coefficient (Wildman–Crippen LogP) is 1.88. The van der Waals surface area contributed by atoms with Crippen molar-refractivity contribution in [3.8, 4) is 0 Å². The highest BCUT2D eigenvalue weighted by molar-refractivity contribution is 7.54. The van der Waals surface area contributed by atoms with Crippen molar-refractivity contribution in [3.05, 3.63) is 0 Å². The summed E-state index contributed by atoms with van der Waals surface area (Å²) in [6, 6.07) is 0. The fourth-order valence-electron chi connectivity index (χ4n) is 0.756. The number of nitrogens with one attached hydrogen (secondary N) is 1. The average molecular weight is 271 g/mol. The minimum Gasteiger partial charge on any atom is -0.306 e. The van der Waals surface area contributed by atoms with E-state index < -0.39 is 50.1 Å². The van der Waals surface area contributed by atoms with E-state index in [-0.39, 0.29) is 6.42 Å². The van der Waals surface area contributed by atoms with E-state index in [0.29, 0.717) is 0 Å². The van der Waals surface area contributed by atoms with Crippen LogP contribution in [0.15, 0.2) is 0 Å². The molecule has 1 heterocycles. The molecule has 1 saturated heterocycles. The van der Waals surface area contributed by atoms with Crippen LogP contribution in [0, 0.1) is 0 Å². The van der Waals surface area contributed by atoms with Crippen LogP contribution in [0.2, 0.25) is 0 Å². The Morgan fingerprint density at radius 3 is 2.71 bits per heavy atom. The second kappa shape index (κ2) is 6.31. The Labute approximate surface area is 108 Å². The third-order valence-corrected chi connectivity index (χ3v) is 3.14. The maximum Gasteiger partial charge on any atom is 0.343 e. The molecule has 1 aliphatic heterocycles. The Morgan fingerprint density at radius 2 is 2.21 bits per heavy atom. The molecule has 0 aliphatic carbocycles. The van der Waals surface area contributed by atoms with Gasteiger partial charge in [0.25, 0.3) is 0 Å². The van der Waals surface area contributed by atoms with Crippen molar-refractivity contribution in [3.63, 3.8) is 0 Å². The van der Waals surface area contributed by atoms with Gasteiger partial charge in [-0.25, -0.2) is 9.76 Å². The van der Waals surface area contributed by atoms with Crippen molar-refractivity contribution in [2.45, 2.75) is 6.42 Å². The lowest BCUT2D eigenvalue weighted by Gasteiger charge is -2.33. The molecule has 14 heavy (non-hydrogen) atoms. The molecule has 0 aromatic rings. The summed E-state index contributed by atoms with van der Waals surface area (Å²) in [4.78, 5) is 0. The molecule has 1 fully saturated rings. The fourth-order valence-corrected chi connectivity index (χ4v) is 2.34. The second-order valence-corrected chi connectivity index (χ2v) is 4.42. The van der Waals surface area contributed by atoms with Gasteiger partial charge in [0.2, 0.25) is 0 Å². The molecule has 0 spiro atoms. The smallest absolute Gasteiger partial charge is 0.306 e. The first-order valence-corrected chi connectivity index (χ1v) is 5.84. The quantitative estimate of drug-likeness (QED) is 0.612. The van der Waals surface area contributed by atoms with Crippen LogP contribution in [0.25, 0.3) is 0 Å². The molecule has 4 nitrogen and oxygen atoms in total. The van der Waals surface area contributed by atoms with Gasteiger partial charge in [0.05, 0.1) is 6.61 Å². The van der Waals surface area contributed by atoms with E-state index in [9.17, 15) is 4.57 Å². The average Bonchev–Trinajstić information content (AvgIpc) is 2.21. The molecule has 7 heteroatoms. The first-order valence-electron chi connectivity index (χ1n) is 8.51.